The van der Waals surface area contributed by atoms with E-state index >= 15 is 0 Å². The highest BCUT2D eigenvalue weighted by atomic mass is 35.5. The fourth-order valence-electron chi connectivity index (χ4n) is 3.71. The summed E-state index contributed by atoms with van der Waals surface area (Å²) in [5.41, 5.74) is -0.744. The molecule has 2 saturated heterocycles. The van der Waals surface area contributed by atoms with Crippen LogP contribution in [-0.2, 0) is 9.59 Å². The van der Waals surface area contributed by atoms with Gasteiger partial charge in [0.25, 0.3) is 5.91 Å². The topological polar surface area (TPSA) is 81.8 Å². The second-order valence-corrected chi connectivity index (χ2v) is 6.66. The largest absolute Gasteiger partial charge is 0.338 e. The predicted molar refractivity (Wildman–Crippen MR) is 87.4 cm³/mol. The van der Waals surface area contributed by atoms with Gasteiger partial charge in [0.1, 0.15) is 12.1 Å². The molecule has 1 saturated carbocycles. The number of carbonyl (C=O) groups excluding carboxylic acids is 3. The summed E-state index contributed by atoms with van der Waals surface area (Å²) in [7, 11) is 0. The van der Waals surface area contributed by atoms with Gasteiger partial charge in [-0.25, -0.2) is 4.79 Å². The van der Waals surface area contributed by atoms with Crippen LogP contribution in [0.15, 0.2) is 0 Å². The van der Waals surface area contributed by atoms with Gasteiger partial charge in [0.05, 0.1) is 0 Å². The Hall–Kier alpha value is -1.34. The molecule has 4 amide bonds. The third kappa shape index (κ3) is 3.45. The summed E-state index contributed by atoms with van der Waals surface area (Å²) in [6.45, 7) is 3.87. The number of piperazine rings is 1. The van der Waals surface area contributed by atoms with E-state index in [1.54, 1.807) is 4.90 Å². The highest BCUT2D eigenvalue weighted by molar-refractivity contribution is 6.09. The molecular formula is C15H25ClN4O3. The lowest BCUT2D eigenvalue weighted by molar-refractivity contribution is -0.140. The van der Waals surface area contributed by atoms with Gasteiger partial charge in [-0.2, -0.15) is 0 Å². The molecule has 3 aliphatic rings. The Morgan fingerprint density at radius 1 is 1.26 bits per heavy atom. The second kappa shape index (κ2) is 7.05. The molecule has 1 unspecified atom stereocenters. The Kier molecular flexibility index (Phi) is 5.52. The smallest absolute Gasteiger partial charge is 0.325 e. The average molecular weight is 345 g/mol. The Labute approximate surface area is 142 Å². The van der Waals surface area contributed by atoms with Gasteiger partial charge in [-0.3, -0.25) is 14.5 Å². The first-order chi connectivity index (χ1) is 10.5. The molecule has 2 aliphatic heterocycles. The molecule has 0 bridgehead atoms. The van der Waals surface area contributed by atoms with Crippen molar-refractivity contribution in [2.45, 2.75) is 50.6 Å². The monoisotopic (exact) mass is 344 g/mol. The van der Waals surface area contributed by atoms with Crippen LogP contribution in [0.25, 0.3) is 0 Å². The standard InChI is InChI=1S/C15H24N4O3.ClH/c1-11-9-18(8-7-16-11)12(20)10-19-13(21)15(17-14(19)22)5-3-2-4-6-15;/h11,16H,2-10H2,1H3,(H,17,22);1H. The summed E-state index contributed by atoms with van der Waals surface area (Å²) in [5.74, 6) is -0.363. The van der Waals surface area contributed by atoms with Gasteiger partial charge in [-0.15, -0.1) is 12.4 Å². The van der Waals surface area contributed by atoms with Crippen LogP contribution < -0.4 is 10.6 Å². The number of imide groups is 1. The van der Waals surface area contributed by atoms with Crippen LogP contribution in [0.4, 0.5) is 4.79 Å². The Morgan fingerprint density at radius 3 is 2.61 bits per heavy atom. The minimum Gasteiger partial charge on any atom is -0.338 e. The summed E-state index contributed by atoms with van der Waals surface area (Å²) < 4.78 is 0. The molecule has 23 heavy (non-hydrogen) atoms. The maximum Gasteiger partial charge on any atom is 0.325 e. The third-order valence-electron chi connectivity index (χ3n) is 4.97. The number of amides is 4. The lowest BCUT2D eigenvalue weighted by atomic mass is 9.82. The Morgan fingerprint density at radius 2 is 1.96 bits per heavy atom. The average Bonchev–Trinajstić information content (AvgIpc) is 2.72. The highest BCUT2D eigenvalue weighted by Gasteiger charge is 2.51. The number of carbonyl (C=O) groups is 3. The maximum absolute atomic E-state index is 12.6. The number of rotatable bonds is 2. The molecule has 1 aliphatic carbocycles. The molecule has 0 aromatic rings. The number of hydrogen-bond donors (Lipinski definition) is 2. The molecule has 1 atom stereocenters. The van der Waals surface area contributed by atoms with Crippen LogP contribution in [0.2, 0.25) is 0 Å². The molecule has 0 aromatic heterocycles. The summed E-state index contributed by atoms with van der Waals surface area (Å²) in [6, 6.07) is -0.172. The van der Waals surface area contributed by atoms with E-state index in [1.165, 1.54) is 0 Å². The molecule has 3 rings (SSSR count). The van der Waals surface area contributed by atoms with Gasteiger partial charge in [0.2, 0.25) is 5.91 Å². The third-order valence-corrected chi connectivity index (χ3v) is 4.97. The van der Waals surface area contributed by atoms with E-state index in [0.717, 1.165) is 30.7 Å². The van der Waals surface area contributed by atoms with Gasteiger partial charge in [0, 0.05) is 25.7 Å². The van der Waals surface area contributed by atoms with Crippen molar-refractivity contribution in [1.82, 2.24) is 20.4 Å². The zero-order chi connectivity index (χ0) is 15.7. The SMILES string of the molecule is CC1CN(C(=O)CN2C(=O)NC3(CCCCC3)C2=O)CCN1.Cl. The molecule has 0 aromatic carbocycles. The van der Waals surface area contributed by atoms with E-state index in [-0.39, 0.29) is 36.8 Å². The summed E-state index contributed by atoms with van der Waals surface area (Å²) in [6.07, 6.45) is 4.37. The van der Waals surface area contributed by atoms with E-state index < -0.39 is 11.6 Å². The number of hydrogen-bond acceptors (Lipinski definition) is 4. The first kappa shape index (κ1) is 18.0. The van der Waals surface area contributed by atoms with Crippen LogP contribution in [0.5, 0.6) is 0 Å². The predicted octanol–water partition coefficient (Wildman–Crippen LogP) is 0.483. The maximum atomic E-state index is 12.6. The minimum absolute atomic E-state index is 0. The van der Waals surface area contributed by atoms with E-state index in [4.69, 9.17) is 0 Å². The fraction of sp³-hybridized carbons (Fsp3) is 0.800. The van der Waals surface area contributed by atoms with E-state index in [1.807, 2.05) is 6.92 Å². The van der Waals surface area contributed by atoms with Crippen LogP contribution in [0.1, 0.15) is 39.0 Å². The fourth-order valence-corrected chi connectivity index (χ4v) is 3.71. The molecule has 7 nitrogen and oxygen atoms in total. The van der Waals surface area contributed by atoms with Crippen molar-refractivity contribution in [3.8, 4) is 0 Å². The first-order valence-corrected chi connectivity index (χ1v) is 8.17. The zero-order valence-corrected chi connectivity index (χ0v) is 14.3. The van der Waals surface area contributed by atoms with E-state index in [9.17, 15) is 14.4 Å². The molecule has 3 fully saturated rings. The number of nitrogens with one attached hydrogen (secondary N) is 2. The van der Waals surface area contributed by atoms with E-state index in [2.05, 4.69) is 10.6 Å². The van der Waals surface area contributed by atoms with Crippen molar-refractivity contribution in [2.24, 2.45) is 0 Å². The second-order valence-electron chi connectivity index (χ2n) is 6.66. The Bertz CT molecular complexity index is 493. The zero-order valence-electron chi connectivity index (χ0n) is 13.5. The molecule has 0 radical (unpaired) electrons. The van der Waals surface area contributed by atoms with Gasteiger partial charge < -0.3 is 15.5 Å². The Balaban J connectivity index is 0.00000192. The first-order valence-electron chi connectivity index (χ1n) is 8.17. The number of halogens is 1. The van der Waals surface area contributed by atoms with E-state index in [0.29, 0.717) is 25.9 Å². The number of urea groups is 1. The lowest BCUT2D eigenvalue weighted by Gasteiger charge is -2.33. The van der Waals surface area contributed by atoms with Crippen molar-refractivity contribution in [1.29, 1.82) is 0 Å². The van der Waals surface area contributed by atoms with Gasteiger partial charge in [-0.05, 0) is 19.8 Å². The van der Waals surface area contributed by atoms with Crippen molar-refractivity contribution in [3.63, 3.8) is 0 Å². The summed E-state index contributed by atoms with van der Waals surface area (Å²) in [5, 5.41) is 6.11. The summed E-state index contributed by atoms with van der Waals surface area (Å²) in [4.78, 5) is 40.0. The highest BCUT2D eigenvalue weighted by Crippen LogP contribution is 2.33. The molecule has 2 heterocycles. The van der Waals surface area contributed by atoms with Crippen LogP contribution in [0.3, 0.4) is 0 Å². The van der Waals surface area contributed by atoms with Crippen LogP contribution in [0, 0.1) is 0 Å². The lowest BCUT2D eigenvalue weighted by Crippen LogP contribution is -2.54. The van der Waals surface area contributed by atoms with Crippen molar-refractivity contribution in [2.75, 3.05) is 26.2 Å². The molecule has 1 spiro atoms. The van der Waals surface area contributed by atoms with Crippen molar-refractivity contribution < 1.29 is 14.4 Å². The van der Waals surface area contributed by atoms with Gasteiger partial charge >= 0.3 is 6.03 Å². The number of nitrogens with zero attached hydrogens (tertiary/aromatic N) is 2. The van der Waals surface area contributed by atoms with Gasteiger partial charge in [-0.1, -0.05) is 19.3 Å². The quantitative estimate of drug-likeness (QED) is 0.714. The van der Waals surface area contributed by atoms with Gasteiger partial charge in [0.15, 0.2) is 0 Å². The molecular weight excluding hydrogens is 320 g/mol. The summed E-state index contributed by atoms with van der Waals surface area (Å²) >= 11 is 0. The molecule has 2 N–H and O–H groups in total. The van der Waals surface area contributed by atoms with Crippen LogP contribution >= 0.6 is 12.4 Å². The van der Waals surface area contributed by atoms with Crippen LogP contribution in [-0.4, -0.2) is 65.4 Å². The van der Waals surface area contributed by atoms with Crippen molar-refractivity contribution in [3.05, 3.63) is 0 Å². The molecule has 130 valence electrons. The minimum atomic E-state index is -0.744. The van der Waals surface area contributed by atoms with Crippen molar-refractivity contribution >= 4 is 30.3 Å². The normalized spacial score (nSPS) is 26.9. The molecule has 8 heteroatoms.